The zero-order chi connectivity index (χ0) is 22.7. The van der Waals surface area contributed by atoms with Crippen LogP contribution in [0.3, 0.4) is 0 Å². The van der Waals surface area contributed by atoms with Crippen LogP contribution in [0.5, 0.6) is 5.75 Å². The molecule has 166 valence electrons. The van der Waals surface area contributed by atoms with E-state index in [0.29, 0.717) is 17.5 Å². The number of ether oxygens (including phenoxy) is 2. The first-order valence-electron chi connectivity index (χ1n) is 10.2. The van der Waals surface area contributed by atoms with E-state index in [9.17, 15) is 0 Å². The number of tetrazole rings is 1. The normalized spacial score (nSPS) is 11.7. The number of fused-ring (bicyclic) bond motifs is 1. The zero-order valence-corrected chi connectivity index (χ0v) is 18.8. The first-order valence-corrected chi connectivity index (χ1v) is 10.2. The number of benzene rings is 1. The van der Waals surface area contributed by atoms with Gasteiger partial charge in [-0.2, -0.15) is 0 Å². The van der Waals surface area contributed by atoms with Gasteiger partial charge in [-0.3, -0.25) is 4.98 Å². The fourth-order valence-corrected chi connectivity index (χ4v) is 3.31. The Morgan fingerprint density at radius 3 is 2.69 bits per heavy atom. The van der Waals surface area contributed by atoms with E-state index in [4.69, 9.17) is 14.5 Å². The quantitative estimate of drug-likeness (QED) is 0.446. The predicted octanol–water partition coefficient (Wildman–Crippen LogP) is 3.33. The van der Waals surface area contributed by atoms with Crippen molar-refractivity contribution in [3.05, 3.63) is 42.4 Å². The summed E-state index contributed by atoms with van der Waals surface area (Å²) in [4.78, 5) is 13.8. The summed E-state index contributed by atoms with van der Waals surface area (Å²) in [6.45, 7) is 4.13. The van der Waals surface area contributed by atoms with Gasteiger partial charge in [0.05, 0.1) is 29.6 Å². The van der Waals surface area contributed by atoms with E-state index < -0.39 is 0 Å². The van der Waals surface area contributed by atoms with E-state index in [0.717, 1.165) is 40.7 Å². The van der Waals surface area contributed by atoms with Gasteiger partial charge in [-0.15, -0.1) is 5.10 Å². The van der Waals surface area contributed by atoms with Crippen molar-refractivity contribution in [2.45, 2.75) is 32.3 Å². The van der Waals surface area contributed by atoms with E-state index in [2.05, 4.69) is 44.7 Å². The highest BCUT2D eigenvalue weighted by Crippen LogP contribution is 2.31. The minimum Gasteiger partial charge on any atom is -0.495 e. The summed E-state index contributed by atoms with van der Waals surface area (Å²) in [7, 11) is 5.12. The molecule has 0 amide bonds. The molecule has 1 N–H and O–H groups in total. The number of nitrogens with one attached hydrogen (secondary N) is 1. The Balaban J connectivity index is 1.63. The monoisotopic (exact) mass is 434 g/mol. The van der Waals surface area contributed by atoms with Gasteiger partial charge >= 0.3 is 0 Å². The van der Waals surface area contributed by atoms with Crippen LogP contribution in [0.1, 0.15) is 26.0 Å². The van der Waals surface area contributed by atoms with E-state index >= 15 is 0 Å². The van der Waals surface area contributed by atoms with Crippen LogP contribution < -0.4 is 10.1 Å². The Kier molecular flexibility index (Phi) is 5.95. The van der Waals surface area contributed by atoms with Crippen LogP contribution in [0.15, 0.2) is 36.7 Å². The highest BCUT2D eigenvalue weighted by Gasteiger charge is 2.18. The van der Waals surface area contributed by atoms with Gasteiger partial charge in [0, 0.05) is 37.5 Å². The summed E-state index contributed by atoms with van der Waals surface area (Å²) in [5.41, 5.74) is 3.07. The van der Waals surface area contributed by atoms with E-state index in [1.165, 1.54) is 0 Å². The molecule has 0 unspecified atom stereocenters. The van der Waals surface area contributed by atoms with Gasteiger partial charge in [-0.1, -0.05) is 0 Å². The average molecular weight is 435 g/mol. The molecule has 32 heavy (non-hydrogen) atoms. The molecular formula is C22H26N8O2. The molecule has 0 atom stereocenters. The molecule has 3 aromatic heterocycles. The van der Waals surface area contributed by atoms with Gasteiger partial charge in [0.15, 0.2) is 5.82 Å². The molecule has 4 aromatic rings. The first-order chi connectivity index (χ1) is 15.4. The second-order valence-electron chi connectivity index (χ2n) is 8.02. The Morgan fingerprint density at radius 1 is 1.12 bits per heavy atom. The minimum atomic E-state index is -0.231. The van der Waals surface area contributed by atoms with Gasteiger partial charge in [-0.25, -0.2) is 14.6 Å². The summed E-state index contributed by atoms with van der Waals surface area (Å²) in [6, 6.07) is 7.59. The van der Waals surface area contributed by atoms with Gasteiger partial charge < -0.3 is 14.8 Å². The van der Waals surface area contributed by atoms with Crippen LogP contribution in [0.4, 0.5) is 11.6 Å². The SMILES string of the molecule is COc1cc(-c2nnnn2C)ccc1Nc1ncc2ccnc(CCC(C)(C)OC)c2n1. The molecule has 4 rings (SSSR count). The van der Waals surface area contributed by atoms with Crippen molar-refractivity contribution in [1.29, 1.82) is 0 Å². The van der Waals surface area contributed by atoms with E-state index in [1.54, 1.807) is 38.3 Å². The van der Waals surface area contributed by atoms with Crippen molar-refractivity contribution < 1.29 is 9.47 Å². The van der Waals surface area contributed by atoms with E-state index in [1.807, 2.05) is 24.3 Å². The summed E-state index contributed by atoms with van der Waals surface area (Å²) < 4.78 is 12.7. The fraction of sp³-hybridized carbons (Fsp3) is 0.364. The number of aromatic nitrogens is 7. The Morgan fingerprint density at radius 2 is 1.97 bits per heavy atom. The highest BCUT2D eigenvalue weighted by molar-refractivity contribution is 5.81. The number of anilines is 2. The number of hydrogen-bond acceptors (Lipinski definition) is 9. The number of pyridine rings is 1. The van der Waals surface area contributed by atoms with Gasteiger partial charge in [0.25, 0.3) is 0 Å². The molecule has 0 saturated carbocycles. The molecule has 1 aromatic carbocycles. The number of rotatable bonds is 8. The van der Waals surface area contributed by atoms with Gasteiger partial charge in [-0.05, 0) is 61.4 Å². The molecule has 0 aliphatic rings. The van der Waals surface area contributed by atoms with Crippen LogP contribution in [-0.2, 0) is 18.2 Å². The van der Waals surface area contributed by atoms with Crippen molar-refractivity contribution in [2.24, 2.45) is 7.05 Å². The topological polar surface area (TPSA) is 113 Å². The molecule has 0 aliphatic carbocycles. The number of nitrogens with zero attached hydrogens (tertiary/aromatic N) is 7. The van der Waals surface area contributed by atoms with Crippen LogP contribution in [0.2, 0.25) is 0 Å². The molecule has 0 radical (unpaired) electrons. The van der Waals surface area contributed by atoms with Crippen LogP contribution in [0.25, 0.3) is 22.3 Å². The second kappa shape index (κ2) is 8.83. The standard InChI is InChI=1S/C22H26N8O2/c1-22(2,32-5)10-8-17-19-15(9-11-23-17)13-24-21(26-19)25-16-7-6-14(12-18(16)31-4)20-27-28-29-30(20)3/h6-7,9,11-13H,8,10H2,1-5H3,(H,24,25,26). The fourth-order valence-electron chi connectivity index (χ4n) is 3.31. The van der Waals surface area contributed by atoms with Gasteiger partial charge in [0.1, 0.15) is 5.75 Å². The molecule has 0 bridgehead atoms. The lowest BCUT2D eigenvalue weighted by atomic mass is 10.0. The first kappa shape index (κ1) is 21.6. The maximum Gasteiger partial charge on any atom is 0.227 e. The zero-order valence-electron chi connectivity index (χ0n) is 18.8. The second-order valence-corrected chi connectivity index (χ2v) is 8.02. The molecule has 0 aliphatic heterocycles. The maximum atomic E-state index is 5.57. The molecular weight excluding hydrogens is 408 g/mol. The number of aryl methyl sites for hydroxylation is 2. The predicted molar refractivity (Wildman–Crippen MR) is 121 cm³/mol. The van der Waals surface area contributed by atoms with Crippen molar-refractivity contribution in [1.82, 2.24) is 35.2 Å². The third-order valence-corrected chi connectivity index (χ3v) is 5.42. The summed E-state index contributed by atoms with van der Waals surface area (Å²) in [5, 5.41) is 15.8. The highest BCUT2D eigenvalue weighted by atomic mass is 16.5. The van der Waals surface area contributed by atoms with Crippen LogP contribution in [-0.4, -0.2) is 55.0 Å². The lowest BCUT2D eigenvalue weighted by Gasteiger charge is -2.22. The lowest BCUT2D eigenvalue weighted by molar-refractivity contribution is 0.0156. The third-order valence-electron chi connectivity index (χ3n) is 5.42. The maximum absolute atomic E-state index is 5.57. The molecule has 0 spiro atoms. The third kappa shape index (κ3) is 4.50. The lowest BCUT2D eigenvalue weighted by Crippen LogP contribution is -2.23. The average Bonchev–Trinajstić information content (AvgIpc) is 3.23. The molecule has 0 saturated heterocycles. The van der Waals surface area contributed by atoms with Gasteiger partial charge in [0.2, 0.25) is 5.95 Å². The summed E-state index contributed by atoms with van der Waals surface area (Å²) >= 11 is 0. The van der Waals surface area contributed by atoms with E-state index in [-0.39, 0.29) is 5.60 Å². The van der Waals surface area contributed by atoms with Crippen LogP contribution in [0, 0.1) is 0 Å². The smallest absolute Gasteiger partial charge is 0.227 e. The Hall–Kier alpha value is -3.66. The molecule has 3 heterocycles. The van der Waals surface area contributed by atoms with Crippen molar-refractivity contribution in [2.75, 3.05) is 19.5 Å². The minimum absolute atomic E-state index is 0.231. The summed E-state index contributed by atoms with van der Waals surface area (Å²) in [6.07, 6.45) is 5.16. The molecule has 10 heteroatoms. The van der Waals surface area contributed by atoms with Crippen LogP contribution >= 0.6 is 0 Å². The Bertz CT molecular complexity index is 1240. The van der Waals surface area contributed by atoms with Crippen molar-refractivity contribution >= 4 is 22.5 Å². The molecule has 0 fully saturated rings. The van der Waals surface area contributed by atoms with Crippen molar-refractivity contribution in [3.8, 4) is 17.1 Å². The molecule has 10 nitrogen and oxygen atoms in total. The van der Waals surface area contributed by atoms with Crippen molar-refractivity contribution in [3.63, 3.8) is 0 Å². The summed E-state index contributed by atoms with van der Waals surface area (Å²) in [5.74, 6) is 1.73. The Labute approximate surface area is 186 Å². The number of methoxy groups -OCH3 is 2. The largest absolute Gasteiger partial charge is 0.495 e. The number of hydrogen-bond donors (Lipinski definition) is 1.